The fourth-order valence-corrected chi connectivity index (χ4v) is 4.37. The van der Waals surface area contributed by atoms with Crippen molar-refractivity contribution >= 4 is 17.7 Å². The number of benzene rings is 1. The first-order valence-corrected chi connectivity index (χ1v) is 8.93. The van der Waals surface area contributed by atoms with Gasteiger partial charge in [0.05, 0.1) is 6.04 Å². The lowest BCUT2D eigenvalue weighted by molar-refractivity contribution is -0.134. The molecule has 1 aliphatic heterocycles. The number of thioether (sulfide) groups is 1. The van der Waals surface area contributed by atoms with Gasteiger partial charge in [0.2, 0.25) is 5.91 Å². The summed E-state index contributed by atoms with van der Waals surface area (Å²) >= 11 is 1.95. The summed E-state index contributed by atoms with van der Waals surface area (Å²) in [5.41, 5.74) is 7.39. The monoisotopic (exact) mass is 304 g/mol. The van der Waals surface area contributed by atoms with Gasteiger partial charge in [-0.1, -0.05) is 37.3 Å². The first-order chi connectivity index (χ1) is 10.2. The highest BCUT2D eigenvalue weighted by atomic mass is 32.2. The van der Waals surface area contributed by atoms with Crippen LogP contribution in [0.15, 0.2) is 30.3 Å². The molecule has 1 amide bonds. The molecule has 0 aromatic heterocycles. The Morgan fingerprint density at radius 2 is 2.10 bits per heavy atom. The maximum Gasteiger partial charge on any atom is 0.224 e. The Labute approximate surface area is 131 Å². The van der Waals surface area contributed by atoms with Crippen LogP contribution < -0.4 is 5.73 Å². The molecule has 1 saturated carbocycles. The number of hydrogen-bond acceptors (Lipinski definition) is 3. The van der Waals surface area contributed by atoms with Gasteiger partial charge in [0.25, 0.3) is 0 Å². The molecule has 3 nitrogen and oxygen atoms in total. The Bertz CT molecular complexity index is 489. The van der Waals surface area contributed by atoms with Crippen molar-refractivity contribution in [2.24, 2.45) is 11.7 Å². The van der Waals surface area contributed by atoms with Gasteiger partial charge in [-0.3, -0.25) is 4.79 Å². The second kappa shape index (κ2) is 6.41. The molecule has 3 rings (SSSR count). The highest BCUT2D eigenvalue weighted by molar-refractivity contribution is 8.00. The Morgan fingerprint density at radius 1 is 1.38 bits per heavy atom. The largest absolute Gasteiger partial charge is 0.334 e. The van der Waals surface area contributed by atoms with Gasteiger partial charge in [-0.15, -0.1) is 0 Å². The molecule has 0 bridgehead atoms. The van der Waals surface area contributed by atoms with Crippen LogP contribution in [-0.2, 0) is 4.79 Å². The third kappa shape index (κ3) is 3.43. The first-order valence-electron chi connectivity index (χ1n) is 7.88. The summed E-state index contributed by atoms with van der Waals surface area (Å²) in [4.78, 5) is 14.8. The van der Waals surface area contributed by atoms with Gasteiger partial charge in [0, 0.05) is 30.0 Å². The molecule has 3 atom stereocenters. The molecule has 0 spiro atoms. The van der Waals surface area contributed by atoms with Crippen molar-refractivity contribution in [3.05, 3.63) is 35.9 Å². The number of carbonyl (C=O) groups is 1. The number of nitrogens with zero attached hydrogens (tertiary/aromatic N) is 1. The van der Waals surface area contributed by atoms with E-state index in [4.69, 9.17) is 5.73 Å². The second-order valence-electron chi connectivity index (χ2n) is 6.22. The second-order valence-corrected chi connectivity index (χ2v) is 7.71. The zero-order valence-corrected chi connectivity index (χ0v) is 13.4. The SMILES string of the molecule is C[C@@H]1SCCN(C(=O)C[C@H](N)C2CC2)[C@H]1c1ccccc1. The van der Waals surface area contributed by atoms with Crippen molar-refractivity contribution in [3.8, 4) is 0 Å². The molecule has 1 aromatic rings. The van der Waals surface area contributed by atoms with Crippen LogP contribution in [-0.4, -0.2) is 34.4 Å². The highest BCUT2D eigenvalue weighted by Crippen LogP contribution is 2.37. The van der Waals surface area contributed by atoms with Gasteiger partial charge in [0.15, 0.2) is 0 Å². The summed E-state index contributed by atoms with van der Waals surface area (Å²) < 4.78 is 0. The summed E-state index contributed by atoms with van der Waals surface area (Å²) in [7, 11) is 0. The number of rotatable bonds is 4. The van der Waals surface area contributed by atoms with Crippen LogP contribution in [0.1, 0.15) is 37.8 Å². The zero-order valence-electron chi connectivity index (χ0n) is 12.6. The molecule has 2 N–H and O–H groups in total. The summed E-state index contributed by atoms with van der Waals surface area (Å²) in [5.74, 6) is 1.84. The molecular weight excluding hydrogens is 280 g/mol. The summed E-state index contributed by atoms with van der Waals surface area (Å²) in [6, 6.07) is 10.6. The topological polar surface area (TPSA) is 46.3 Å². The van der Waals surface area contributed by atoms with Gasteiger partial charge < -0.3 is 10.6 Å². The van der Waals surface area contributed by atoms with Crippen LogP contribution in [0.5, 0.6) is 0 Å². The summed E-state index contributed by atoms with van der Waals surface area (Å²) in [6.07, 6.45) is 2.90. The number of hydrogen-bond donors (Lipinski definition) is 1. The van der Waals surface area contributed by atoms with E-state index in [2.05, 4.69) is 36.1 Å². The number of amides is 1. The average Bonchev–Trinajstić information content (AvgIpc) is 3.32. The molecule has 21 heavy (non-hydrogen) atoms. The van der Waals surface area contributed by atoms with Crippen LogP contribution in [0.25, 0.3) is 0 Å². The third-order valence-electron chi connectivity index (χ3n) is 4.59. The normalized spacial score (nSPS) is 27.4. The van der Waals surface area contributed by atoms with Crippen molar-refractivity contribution in [1.29, 1.82) is 0 Å². The lowest BCUT2D eigenvalue weighted by Gasteiger charge is -2.40. The maximum atomic E-state index is 12.7. The van der Waals surface area contributed by atoms with Crippen LogP contribution in [0.4, 0.5) is 0 Å². The molecule has 0 unspecified atom stereocenters. The molecular formula is C17H24N2OS. The van der Waals surface area contributed by atoms with E-state index >= 15 is 0 Å². The Balaban J connectivity index is 1.75. The van der Waals surface area contributed by atoms with E-state index in [0.717, 1.165) is 12.3 Å². The molecule has 1 saturated heterocycles. The van der Waals surface area contributed by atoms with Crippen LogP contribution in [0.3, 0.4) is 0 Å². The summed E-state index contributed by atoms with van der Waals surface area (Å²) in [5, 5.41) is 0.433. The van der Waals surface area contributed by atoms with Crippen molar-refractivity contribution in [2.75, 3.05) is 12.3 Å². The molecule has 1 heterocycles. The maximum absolute atomic E-state index is 12.7. The Hall–Kier alpha value is -1.00. The molecule has 2 fully saturated rings. The highest BCUT2D eigenvalue weighted by Gasteiger charge is 2.36. The van der Waals surface area contributed by atoms with Crippen LogP contribution in [0.2, 0.25) is 0 Å². The quantitative estimate of drug-likeness (QED) is 0.930. The Kier molecular flexibility index (Phi) is 4.55. The van der Waals surface area contributed by atoms with E-state index in [9.17, 15) is 4.79 Å². The van der Waals surface area contributed by atoms with Crippen molar-refractivity contribution in [2.45, 2.75) is 43.5 Å². The van der Waals surface area contributed by atoms with Gasteiger partial charge in [0.1, 0.15) is 0 Å². The average molecular weight is 304 g/mol. The summed E-state index contributed by atoms with van der Waals surface area (Å²) in [6.45, 7) is 3.06. The smallest absolute Gasteiger partial charge is 0.224 e. The van der Waals surface area contributed by atoms with E-state index in [1.165, 1.54) is 18.4 Å². The molecule has 1 aliphatic carbocycles. The standard InChI is InChI=1S/C17H24N2OS/c1-12-17(14-5-3-2-4-6-14)19(9-10-21-12)16(20)11-15(18)13-7-8-13/h2-6,12-13,15,17H,7-11,18H2,1H3/t12-,15-,17+/m0/s1. The van der Waals surface area contributed by atoms with Gasteiger partial charge in [-0.2, -0.15) is 11.8 Å². The van der Waals surface area contributed by atoms with E-state index in [0.29, 0.717) is 17.6 Å². The molecule has 2 aliphatic rings. The lowest BCUT2D eigenvalue weighted by Crippen LogP contribution is -2.45. The molecule has 0 radical (unpaired) electrons. The lowest BCUT2D eigenvalue weighted by atomic mass is 10.0. The molecule has 114 valence electrons. The number of nitrogens with two attached hydrogens (primary N) is 1. The van der Waals surface area contributed by atoms with Crippen molar-refractivity contribution in [3.63, 3.8) is 0 Å². The van der Waals surface area contributed by atoms with E-state index < -0.39 is 0 Å². The Morgan fingerprint density at radius 3 is 2.76 bits per heavy atom. The molecule has 1 aromatic carbocycles. The van der Waals surface area contributed by atoms with Gasteiger partial charge in [-0.05, 0) is 24.3 Å². The fraction of sp³-hybridized carbons (Fsp3) is 0.588. The van der Waals surface area contributed by atoms with Crippen LogP contribution >= 0.6 is 11.8 Å². The fourth-order valence-electron chi connectivity index (χ4n) is 3.21. The van der Waals surface area contributed by atoms with Gasteiger partial charge >= 0.3 is 0 Å². The minimum absolute atomic E-state index is 0.0545. The van der Waals surface area contributed by atoms with Crippen molar-refractivity contribution < 1.29 is 4.79 Å². The minimum Gasteiger partial charge on any atom is -0.334 e. The minimum atomic E-state index is 0.0545. The predicted molar refractivity (Wildman–Crippen MR) is 88.1 cm³/mol. The first kappa shape index (κ1) is 14.9. The number of carbonyl (C=O) groups excluding carboxylic acids is 1. The predicted octanol–water partition coefficient (Wildman–Crippen LogP) is 2.82. The molecule has 4 heteroatoms. The van der Waals surface area contributed by atoms with Gasteiger partial charge in [-0.25, -0.2) is 0 Å². The van der Waals surface area contributed by atoms with E-state index in [1.807, 2.05) is 17.8 Å². The van der Waals surface area contributed by atoms with Crippen molar-refractivity contribution in [1.82, 2.24) is 4.90 Å². The van der Waals surface area contributed by atoms with Crippen LogP contribution in [0, 0.1) is 5.92 Å². The third-order valence-corrected chi connectivity index (χ3v) is 5.79. The zero-order chi connectivity index (χ0) is 14.8. The van der Waals surface area contributed by atoms with E-state index in [-0.39, 0.29) is 18.0 Å². The van der Waals surface area contributed by atoms with E-state index in [1.54, 1.807) is 0 Å².